The molecule has 0 aromatic carbocycles. The summed E-state index contributed by atoms with van der Waals surface area (Å²) in [5, 5.41) is 18.0. The van der Waals surface area contributed by atoms with Gasteiger partial charge in [-0.15, -0.1) is 0 Å². The molecular formula is C19H28N2O7. The van der Waals surface area contributed by atoms with Gasteiger partial charge in [-0.05, 0) is 25.7 Å². The summed E-state index contributed by atoms with van der Waals surface area (Å²) in [5.41, 5.74) is 0. The Hall–Kier alpha value is -2.45. The van der Waals surface area contributed by atoms with E-state index in [9.17, 15) is 24.0 Å². The fourth-order valence-corrected chi connectivity index (χ4v) is 4.16. The molecule has 0 aliphatic heterocycles. The lowest BCUT2D eigenvalue weighted by Crippen LogP contribution is -2.57. The highest BCUT2D eigenvalue weighted by molar-refractivity contribution is 6.08. The van der Waals surface area contributed by atoms with Crippen LogP contribution in [0.4, 0.5) is 4.79 Å². The molecule has 0 radical (unpaired) electrons. The first-order chi connectivity index (χ1) is 13.3. The van der Waals surface area contributed by atoms with E-state index in [1.165, 1.54) is 0 Å². The summed E-state index contributed by atoms with van der Waals surface area (Å²) < 4.78 is 0. The number of carbonyl (C=O) groups excluding carboxylic acids is 3. The molecule has 9 heteroatoms. The van der Waals surface area contributed by atoms with Crippen molar-refractivity contribution in [2.24, 2.45) is 0 Å². The number of hydrogen-bond acceptors (Lipinski definition) is 5. The van der Waals surface area contributed by atoms with E-state index in [2.05, 4.69) is 0 Å². The van der Waals surface area contributed by atoms with Crippen LogP contribution in [-0.4, -0.2) is 61.9 Å². The minimum absolute atomic E-state index is 0.461. The number of carboxylic acids is 2. The maximum atomic E-state index is 13.3. The predicted octanol–water partition coefficient (Wildman–Crippen LogP) is 2.38. The van der Waals surface area contributed by atoms with Gasteiger partial charge in [0.15, 0.2) is 0 Å². The maximum Gasteiger partial charge on any atom is 0.333 e. The lowest BCUT2D eigenvalue weighted by atomic mass is 9.92. The van der Waals surface area contributed by atoms with Crippen LogP contribution in [0.15, 0.2) is 0 Å². The number of rotatable bonds is 6. The largest absolute Gasteiger partial charge is 0.481 e. The lowest BCUT2D eigenvalue weighted by Gasteiger charge is -2.39. The molecule has 0 spiro atoms. The molecule has 2 saturated carbocycles. The van der Waals surface area contributed by atoms with Crippen LogP contribution in [0, 0.1) is 0 Å². The minimum Gasteiger partial charge on any atom is -0.481 e. The van der Waals surface area contributed by atoms with E-state index in [-0.39, 0.29) is 0 Å². The van der Waals surface area contributed by atoms with Crippen LogP contribution in [0.2, 0.25) is 0 Å². The van der Waals surface area contributed by atoms with Crippen molar-refractivity contribution in [3.05, 3.63) is 0 Å². The number of urea groups is 1. The molecule has 2 N–H and O–H groups in total. The van der Waals surface area contributed by atoms with E-state index in [0.29, 0.717) is 25.7 Å². The molecule has 2 aliphatic carbocycles. The first kappa shape index (κ1) is 21.8. The molecular weight excluding hydrogens is 368 g/mol. The highest BCUT2D eigenvalue weighted by Gasteiger charge is 2.40. The predicted molar refractivity (Wildman–Crippen MR) is 97.3 cm³/mol. The van der Waals surface area contributed by atoms with E-state index in [1.807, 2.05) is 0 Å². The van der Waals surface area contributed by atoms with Crippen LogP contribution in [-0.2, 0) is 19.2 Å². The van der Waals surface area contributed by atoms with Crippen molar-refractivity contribution in [1.82, 2.24) is 9.80 Å². The summed E-state index contributed by atoms with van der Waals surface area (Å²) in [6.45, 7) is 0. The van der Waals surface area contributed by atoms with Crippen molar-refractivity contribution in [2.45, 2.75) is 89.1 Å². The average Bonchev–Trinajstić information content (AvgIpc) is 2.62. The first-order valence-electron chi connectivity index (χ1n) is 9.93. The number of nitrogens with zero attached hydrogens (tertiary/aromatic N) is 2. The normalized spacial score (nSPS) is 18.3. The van der Waals surface area contributed by atoms with Gasteiger partial charge in [-0.1, -0.05) is 38.5 Å². The van der Waals surface area contributed by atoms with Crippen LogP contribution >= 0.6 is 0 Å². The highest BCUT2D eigenvalue weighted by atomic mass is 16.4. The number of carboxylic acid groups (broad SMARTS) is 2. The van der Waals surface area contributed by atoms with Gasteiger partial charge in [0.2, 0.25) is 11.8 Å². The molecule has 2 fully saturated rings. The summed E-state index contributed by atoms with van der Waals surface area (Å²) in [6, 6.07) is -1.79. The second-order valence-corrected chi connectivity index (χ2v) is 7.53. The summed E-state index contributed by atoms with van der Waals surface area (Å²) >= 11 is 0. The Kier molecular flexibility index (Phi) is 7.95. The zero-order valence-corrected chi connectivity index (χ0v) is 16.0. The molecule has 4 amide bonds. The van der Waals surface area contributed by atoms with Gasteiger partial charge in [0.25, 0.3) is 0 Å². The van der Waals surface area contributed by atoms with Crippen LogP contribution in [0.5, 0.6) is 0 Å². The van der Waals surface area contributed by atoms with Crippen LogP contribution < -0.4 is 0 Å². The topological polar surface area (TPSA) is 132 Å². The van der Waals surface area contributed by atoms with Gasteiger partial charge in [0, 0.05) is 12.1 Å². The fourth-order valence-electron chi connectivity index (χ4n) is 4.16. The number of hydrogen-bond donors (Lipinski definition) is 2. The first-order valence-corrected chi connectivity index (χ1v) is 9.93. The third-order valence-corrected chi connectivity index (χ3v) is 5.43. The summed E-state index contributed by atoms with van der Waals surface area (Å²) in [4.78, 5) is 62.4. The zero-order chi connectivity index (χ0) is 20.7. The number of imide groups is 2. The van der Waals surface area contributed by atoms with E-state index in [0.717, 1.165) is 48.3 Å². The summed E-state index contributed by atoms with van der Waals surface area (Å²) in [7, 11) is 0. The van der Waals surface area contributed by atoms with Crippen LogP contribution in [0.1, 0.15) is 77.0 Å². The molecule has 156 valence electrons. The van der Waals surface area contributed by atoms with E-state index >= 15 is 0 Å². The SMILES string of the molecule is O=C(O)CC(=O)N(C(=O)N(C(=O)CC(=O)O)C1CCCCC1)C1CCCCC1. The van der Waals surface area contributed by atoms with E-state index < -0.39 is 54.7 Å². The van der Waals surface area contributed by atoms with Gasteiger partial charge in [-0.25, -0.2) is 4.79 Å². The van der Waals surface area contributed by atoms with Crippen molar-refractivity contribution in [1.29, 1.82) is 0 Å². The van der Waals surface area contributed by atoms with Gasteiger partial charge < -0.3 is 10.2 Å². The van der Waals surface area contributed by atoms with Crippen molar-refractivity contribution < 1.29 is 34.2 Å². The molecule has 0 aromatic rings. The Labute approximate surface area is 163 Å². The Morgan fingerprint density at radius 2 is 0.929 bits per heavy atom. The van der Waals surface area contributed by atoms with E-state index in [1.54, 1.807) is 0 Å². The van der Waals surface area contributed by atoms with E-state index in [4.69, 9.17) is 10.2 Å². The fraction of sp³-hybridized carbons (Fsp3) is 0.737. The molecule has 0 heterocycles. The van der Waals surface area contributed by atoms with Gasteiger partial charge in [-0.2, -0.15) is 0 Å². The number of amides is 4. The third-order valence-electron chi connectivity index (χ3n) is 5.43. The molecule has 0 bridgehead atoms. The number of aliphatic carboxylic acids is 2. The van der Waals surface area contributed by atoms with Crippen molar-refractivity contribution in [3.63, 3.8) is 0 Å². The Morgan fingerprint density at radius 3 is 1.21 bits per heavy atom. The molecule has 2 aliphatic rings. The Morgan fingerprint density at radius 1 is 0.607 bits per heavy atom. The van der Waals surface area contributed by atoms with Gasteiger partial charge in [0.05, 0.1) is 0 Å². The van der Waals surface area contributed by atoms with Crippen molar-refractivity contribution in [2.75, 3.05) is 0 Å². The van der Waals surface area contributed by atoms with Gasteiger partial charge >= 0.3 is 18.0 Å². The smallest absolute Gasteiger partial charge is 0.333 e. The molecule has 0 saturated heterocycles. The molecule has 0 atom stereocenters. The van der Waals surface area contributed by atoms with Crippen molar-refractivity contribution in [3.8, 4) is 0 Å². The molecule has 0 aromatic heterocycles. The van der Waals surface area contributed by atoms with Crippen molar-refractivity contribution >= 4 is 29.8 Å². The molecule has 9 nitrogen and oxygen atoms in total. The van der Waals surface area contributed by atoms with Gasteiger partial charge in [0.1, 0.15) is 12.8 Å². The standard InChI is InChI=1S/C19H28N2O7/c22-15(11-17(24)25)20(13-7-3-1-4-8-13)19(28)21(16(23)12-18(26)27)14-9-5-2-6-10-14/h13-14H,1-12H2,(H,24,25)(H,26,27). The second-order valence-electron chi connectivity index (χ2n) is 7.53. The zero-order valence-electron chi connectivity index (χ0n) is 16.0. The number of carbonyl (C=O) groups is 5. The Balaban J connectivity index is 2.32. The monoisotopic (exact) mass is 396 g/mol. The highest BCUT2D eigenvalue weighted by Crippen LogP contribution is 2.28. The van der Waals surface area contributed by atoms with Crippen LogP contribution in [0.25, 0.3) is 0 Å². The third kappa shape index (κ3) is 5.77. The molecule has 0 unspecified atom stereocenters. The second kappa shape index (κ2) is 10.2. The quantitative estimate of drug-likeness (QED) is 0.659. The molecule has 2 rings (SSSR count). The van der Waals surface area contributed by atoms with Crippen LogP contribution in [0.3, 0.4) is 0 Å². The summed E-state index contributed by atoms with van der Waals surface area (Å²) in [6.07, 6.45) is 5.72. The minimum atomic E-state index is -1.35. The lowest BCUT2D eigenvalue weighted by molar-refractivity contribution is -0.144. The average molecular weight is 396 g/mol. The molecule has 28 heavy (non-hydrogen) atoms. The van der Waals surface area contributed by atoms with Gasteiger partial charge in [-0.3, -0.25) is 29.0 Å². The Bertz CT molecular complexity index is 570. The summed E-state index contributed by atoms with van der Waals surface area (Å²) in [5.74, 6) is -4.40. The maximum absolute atomic E-state index is 13.3.